The van der Waals surface area contributed by atoms with Crippen LogP contribution in [0.2, 0.25) is 0 Å². The second-order valence-corrected chi connectivity index (χ2v) is 6.13. The zero-order chi connectivity index (χ0) is 19.1. The molecule has 8 nitrogen and oxygen atoms in total. The van der Waals surface area contributed by atoms with Gasteiger partial charge in [0.2, 0.25) is 0 Å². The maximum Gasteiger partial charge on any atom is 0.191 e. The summed E-state index contributed by atoms with van der Waals surface area (Å²) < 4.78 is 1.74. The highest BCUT2D eigenvalue weighted by molar-refractivity contribution is 5.86. The predicted octanol–water partition coefficient (Wildman–Crippen LogP) is 1.70. The molecule has 0 saturated carbocycles. The van der Waals surface area contributed by atoms with Crippen LogP contribution in [0.15, 0.2) is 41.8 Å². The zero-order valence-corrected chi connectivity index (χ0v) is 16.0. The average molecular weight is 366 g/mol. The van der Waals surface area contributed by atoms with E-state index in [0.717, 1.165) is 35.8 Å². The van der Waals surface area contributed by atoms with Crippen LogP contribution < -0.4 is 16.0 Å². The smallest absolute Gasteiger partial charge is 0.191 e. The predicted molar refractivity (Wildman–Crippen MR) is 109 cm³/mol. The average Bonchev–Trinajstić information content (AvgIpc) is 3.09. The Morgan fingerprint density at radius 3 is 2.70 bits per heavy atom. The van der Waals surface area contributed by atoms with Gasteiger partial charge in [-0.1, -0.05) is 31.2 Å². The monoisotopic (exact) mass is 366 g/mol. The van der Waals surface area contributed by atoms with Crippen molar-refractivity contribution in [3.63, 3.8) is 0 Å². The standard InChI is InChI=1S/C19H26N8/c1-4-14-7-5-6-8-15(14)11-23-19(20-2)22-10-9-21-17-16-12-26-27(3)18(16)25-13-24-17/h5-8,12-13H,4,9-11H2,1-3H3,(H2,20,22,23)(H,21,24,25). The second-order valence-electron chi connectivity index (χ2n) is 6.13. The lowest BCUT2D eigenvalue weighted by Gasteiger charge is -2.14. The summed E-state index contributed by atoms with van der Waals surface area (Å²) in [6.45, 7) is 4.33. The van der Waals surface area contributed by atoms with E-state index in [1.54, 1.807) is 24.3 Å². The second kappa shape index (κ2) is 8.98. The maximum atomic E-state index is 4.30. The van der Waals surface area contributed by atoms with Gasteiger partial charge in [0.05, 0.1) is 11.6 Å². The third-order valence-electron chi connectivity index (χ3n) is 4.41. The molecule has 0 spiro atoms. The first-order chi connectivity index (χ1) is 13.2. The Labute approximate surface area is 159 Å². The first-order valence-electron chi connectivity index (χ1n) is 9.10. The van der Waals surface area contributed by atoms with E-state index in [-0.39, 0.29) is 0 Å². The molecule has 1 aromatic carbocycles. The number of benzene rings is 1. The van der Waals surface area contributed by atoms with Crippen molar-refractivity contribution in [1.82, 2.24) is 30.4 Å². The number of aromatic nitrogens is 4. The number of nitrogens with zero attached hydrogens (tertiary/aromatic N) is 5. The quantitative estimate of drug-likeness (QED) is 0.335. The molecule has 27 heavy (non-hydrogen) atoms. The van der Waals surface area contributed by atoms with E-state index in [0.29, 0.717) is 13.1 Å². The van der Waals surface area contributed by atoms with E-state index < -0.39 is 0 Å². The van der Waals surface area contributed by atoms with Crippen molar-refractivity contribution < 1.29 is 0 Å². The third kappa shape index (κ3) is 4.52. The number of aryl methyl sites for hydroxylation is 2. The highest BCUT2D eigenvalue weighted by atomic mass is 15.3. The summed E-state index contributed by atoms with van der Waals surface area (Å²) in [5.74, 6) is 1.56. The van der Waals surface area contributed by atoms with Crippen molar-refractivity contribution in [2.24, 2.45) is 12.0 Å². The van der Waals surface area contributed by atoms with Crippen LogP contribution in [0, 0.1) is 0 Å². The van der Waals surface area contributed by atoms with Crippen molar-refractivity contribution in [3.8, 4) is 0 Å². The molecule has 0 saturated heterocycles. The molecule has 0 aliphatic rings. The molecule has 0 amide bonds. The van der Waals surface area contributed by atoms with Crippen LogP contribution in [0.4, 0.5) is 5.82 Å². The highest BCUT2D eigenvalue weighted by Crippen LogP contribution is 2.17. The van der Waals surface area contributed by atoms with E-state index in [1.165, 1.54) is 11.1 Å². The molecule has 3 aromatic rings. The van der Waals surface area contributed by atoms with Gasteiger partial charge in [0.1, 0.15) is 12.1 Å². The molecule has 0 bridgehead atoms. The fourth-order valence-electron chi connectivity index (χ4n) is 2.94. The normalized spacial score (nSPS) is 11.6. The third-order valence-corrected chi connectivity index (χ3v) is 4.41. The maximum absolute atomic E-state index is 4.30. The van der Waals surface area contributed by atoms with Gasteiger partial charge in [0.15, 0.2) is 11.6 Å². The zero-order valence-electron chi connectivity index (χ0n) is 16.0. The van der Waals surface area contributed by atoms with Gasteiger partial charge < -0.3 is 16.0 Å². The molecular formula is C19H26N8. The van der Waals surface area contributed by atoms with Crippen molar-refractivity contribution in [1.29, 1.82) is 0 Å². The van der Waals surface area contributed by atoms with Gasteiger partial charge in [-0.25, -0.2) is 9.97 Å². The van der Waals surface area contributed by atoms with Gasteiger partial charge in [-0.15, -0.1) is 0 Å². The van der Waals surface area contributed by atoms with Crippen molar-refractivity contribution in [2.75, 3.05) is 25.5 Å². The molecule has 0 unspecified atom stereocenters. The first kappa shape index (κ1) is 18.6. The van der Waals surface area contributed by atoms with Crippen LogP contribution in [-0.2, 0) is 20.0 Å². The summed E-state index contributed by atoms with van der Waals surface area (Å²) in [5.41, 5.74) is 3.46. The van der Waals surface area contributed by atoms with Gasteiger partial charge in [0.25, 0.3) is 0 Å². The fraction of sp³-hybridized carbons (Fsp3) is 0.368. The van der Waals surface area contributed by atoms with E-state index in [4.69, 9.17) is 0 Å². The molecule has 0 aliphatic heterocycles. The van der Waals surface area contributed by atoms with E-state index in [1.807, 2.05) is 7.05 Å². The summed E-state index contributed by atoms with van der Waals surface area (Å²) >= 11 is 0. The highest BCUT2D eigenvalue weighted by Gasteiger charge is 2.07. The number of hydrogen-bond acceptors (Lipinski definition) is 5. The van der Waals surface area contributed by atoms with Crippen LogP contribution in [0.25, 0.3) is 11.0 Å². The molecule has 0 aliphatic carbocycles. The molecule has 0 atom stereocenters. The lowest BCUT2D eigenvalue weighted by atomic mass is 10.1. The lowest BCUT2D eigenvalue weighted by molar-refractivity contribution is 0.785. The van der Waals surface area contributed by atoms with Gasteiger partial charge in [-0.2, -0.15) is 5.10 Å². The summed E-state index contributed by atoms with van der Waals surface area (Å²) in [7, 11) is 3.64. The van der Waals surface area contributed by atoms with Crippen LogP contribution >= 0.6 is 0 Å². The minimum Gasteiger partial charge on any atom is -0.368 e. The van der Waals surface area contributed by atoms with E-state index >= 15 is 0 Å². The summed E-state index contributed by atoms with van der Waals surface area (Å²) in [6.07, 6.45) is 4.34. The Balaban J connectivity index is 1.48. The van der Waals surface area contributed by atoms with E-state index in [9.17, 15) is 0 Å². The molecule has 0 radical (unpaired) electrons. The summed E-state index contributed by atoms with van der Waals surface area (Å²) in [5, 5.41) is 15.1. The number of hydrogen-bond donors (Lipinski definition) is 3. The van der Waals surface area contributed by atoms with Gasteiger partial charge in [0, 0.05) is 33.7 Å². The van der Waals surface area contributed by atoms with E-state index in [2.05, 4.69) is 67.2 Å². The number of fused-ring (bicyclic) bond motifs is 1. The first-order valence-corrected chi connectivity index (χ1v) is 9.10. The number of anilines is 1. The van der Waals surface area contributed by atoms with Crippen LogP contribution in [-0.4, -0.2) is 45.8 Å². The van der Waals surface area contributed by atoms with Crippen molar-refractivity contribution in [3.05, 3.63) is 47.9 Å². The molecule has 2 aromatic heterocycles. The van der Waals surface area contributed by atoms with Crippen LogP contribution in [0.1, 0.15) is 18.1 Å². The van der Waals surface area contributed by atoms with Gasteiger partial charge >= 0.3 is 0 Å². The van der Waals surface area contributed by atoms with Crippen molar-refractivity contribution >= 4 is 22.8 Å². The summed E-state index contributed by atoms with van der Waals surface area (Å²) in [4.78, 5) is 12.8. The largest absolute Gasteiger partial charge is 0.368 e. The number of guanidine groups is 1. The molecule has 0 fully saturated rings. The Hall–Kier alpha value is -3.16. The molecular weight excluding hydrogens is 340 g/mol. The fourth-order valence-corrected chi connectivity index (χ4v) is 2.94. The lowest BCUT2D eigenvalue weighted by Crippen LogP contribution is -2.39. The Bertz CT molecular complexity index is 915. The number of nitrogens with one attached hydrogen (secondary N) is 3. The summed E-state index contributed by atoms with van der Waals surface area (Å²) in [6, 6.07) is 8.46. The number of rotatable bonds is 7. The van der Waals surface area contributed by atoms with Crippen LogP contribution in [0.3, 0.4) is 0 Å². The Morgan fingerprint density at radius 2 is 1.93 bits per heavy atom. The number of aliphatic imine (C=N–C) groups is 1. The van der Waals surface area contributed by atoms with Crippen molar-refractivity contribution in [2.45, 2.75) is 19.9 Å². The van der Waals surface area contributed by atoms with Crippen LogP contribution in [0.5, 0.6) is 0 Å². The molecule has 3 N–H and O–H groups in total. The Kier molecular flexibility index (Phi) is 6.19. The molecule has 3 rings (SSSR count). The van der Waals surface area contributed by atoms with Gasteiger partial charge in [-0.05, 0) is 17.5 Å². The topological polar surface area (TPSA) is 92.1 Å². The SMILES string of the molecule is CCc1ccccc1CNC(=NC)NCCNc1ncnc2c1cnn2C. The minimum absolute atomic E-state index is 0.702. The van der Waals surface area contributed by atoms with Gasteiger partial charge in [-0.3, -0.25) is 9.67 Å². The Morgan fingerprint density at radius 1 is 1.11 bits per heavy atom. The molecule has 8 heteroatoms. The molecule has 2 heterocycles. The minimum atomic E-state index is 0.702. The molecule has 142 valence electrons.